The summed E-state index contributed by atoms with van der Waals surface area (Å²) in [6.45, 7) is 0.698. The van der Waals surface area contributed by atoms with Gasteiger partial charge < -0.3 is 5.32 Å². The van der Waals surface area contributed by atoms with Crippen molar-refractivity contribution in [2.45, 2.75) is 31.8 Å². The number of piperidine rings is 1. The van der Waals surface area contributed by atoms with Crippen LogP contribution in [0.5, 0.6) is 0 Å². The molecule has 1 atom stereocenters. The molecule has 114 valence electrons. The number of benzene rings is 1. The molecule has 0 amide bonds. The summed E-state index contributed by atoms with van der Waals surface area (Å²) in [5.41, 5.74) is 0.377. The third-order valence-electron chi connectivity index (χ3n) is 3.89. The van der Waals surface area contributed by atoms with Crippen LogP contribution in [0.4, 0.5) is 0 Å². The molecule has 1 aliphatic rings. The highest BCUT2D eigenvalue weighted by Crippen LogP contribution is 2.08. The van der Waals surface area contributed by atoms with E-state index in [0.29, 0.717) is 17.3 Å². The SMILES string of the molecule is O=C(CC1NCCCC1=O)Cn1cnc2ccccc2c1=O. The smallest absolute Gasteiger partial charge is 0.261 e. The summed E-state index contributed by atoms with van der Waals surface area (Å²) in [7, 11) is 0. The van der Waals surface area contributed by atoms with Crippen LogP contribution in [0.2, 0.25) is 0 Å². The maximum absolute atomic E-state index is 12.3. The van der Waals surface area contributed by atoms with Crippen molar-refractivity contribution in [3.63, 3.8) is 0 Å². The van der Waals surface area contributed by atoms with Gasteiger partial charge in [-0.3, -0.25) is 19.0 Å². The maximum Gasteiger partial charge on any atom is 0.261 e. The number of hydrogen-bond acceptors (Lipinski definition) is 5. The standard InChI is InChI=1S/C16H17N3O3/c20-11(8-14-15(21)6-3-7-17-14)9-19-10-18-13-5-2-1-4-12(13)16(19)22/h1-2,4-5,10,14,17H,3,6-9H2. The van der Waals surface area contributed by atoms with Crippen LogP contribution in [0.25, 0.3) is 10.9 Å². The highest BCUT2D eigenvalue weighted by molar-refractivity contribution is 5.91. The molecule has 0 radical (unpaired) electrons. The number of aromatic nitrogens is 2. The fourth-order valence-electron chi connectivity index (χ4n) is 2.71. The molecule has 1 saturated heterocycles. The lowest BCUT2D eigenvalue weighted by Crippen LogP contribution is -2.43. The minimum atomic E-state index is -0.412. The number of nitrogens with one attached hydrogen (secondary N) is 1. The summed E-state index contributed by atoms with van der Waals surface area (Å²) in [4.78, 5) is 40.4. The van der Waals surface area contributed by atoms with Crippen molar-refractivity contribution in [3.8, 4) is 0 Å². The molecule has 1 aliphatic heterocycles. The van der Waals surface area contributed by atoms with Gasteiger partial charge in [-0.15, -0.1) is 0 Å². The zero-order chi connectivity index (χ0) is 15.5. The van der Waals surface area contributed by atoms with Gasteiger partial charge in [0.1, 0.15) is 5.78 Å². The Hall–Kier alpha value is -2.34. The summed E-state index contributed by atoms with van der Waals surface area (Å²) < 4.78 is 1.30. The van der Waals surface area contributed by atoms with E-state index in [4.69, 9.17) is 0 Å². The molecule has 22 heavy (non-hydrogen) atoms. The second kappa shape index (κ2) is 6.19. The van der Waals surface area contributed by atoms with Gasteiger partial charge in [0, 0.05) is 12.8 Å². The van der Waals surface area contributed by atoms with Gasteiger partial charge in [-0.05, 0) is 25.1 Å². The molecule has 0 bridgehead atoms. The lowest BCUT2D eigenvalue weighted by Gasteiger charge is -2.21. The molecule has 0 aliphatic carbocycles. The number of fused-ring (bicyclic) bond motifs is 1. The summed E-state index contributed by atoms with van der Waals surface area (Å²) >= 11 is 0. The Kier molecular flexibility index (Phi) is 4.11. The van der Waals surface area contributed by atoms with Crippen molar-refractivity contribution in [1.29, 1.82) is 0 Å². The van der Waals surface area contributed by atoms with Crippen LogP contribution >= 0.6 is 0 Å². The molecule has 6 heteroatoms. The summed E-state index contributed by atoms with van der Waals surface area (Å²) in [5, 5.41) is 3.55. The van der Waals surface area contributed by atoms with Gasteiger partial charge in [0.15, 0.2) is 5.78 Å². The first-order valence-electron chi connectivity index (χ1n) is 7.37. The first-order chi connectivity index (χ1) is 10.6. The highest BCUT2D eigenvalue weighted by atomic mass is 16.1. The monoisotopic (exact) mass is 299 g/mol. The topological polar surface area (TPSA) is 81.1 Å². The number of nitrogens with zero attached hydrogens (tertiary/aromatic N) is 2. The number of Topliss-reactive ketones (excluding diaryl/α,β-unsaturated/α-hetero) is 2. The second-order valence-corrected chi connectivity index (χ2v) is 5.51. The Bertz CT molecular complexity index is 782. The van der Waals surface area contributed by atoms with Crippen LogP contribution in [0.1, 0.15) is 19.3 Å². The zero-order valence-electron chi connectivity index (χ0n) is 12.1. The van der Waals surface area contributed by atoms with Crippen molar-refractivity contribution < 1.29 is 9.59 Å². The first kappa shape index (κ1) is 14.6. The van der Waals surface area contributed by atoms with E-state index in [2.05, 4.69) is 10.3 Å². The molecule has 1 N–H and O–H groups in total. The van der Waals surface area contributed by atoms with E-state index in [9.17, 15) is 14.4 Å². The maximum atomic E-state index is 12.3. The van der Waals surface area contributed by atoms with E-state index in [1.54, 1.807) is 18.2 Å². The molecule has 1 aromatic carbocycles. The number of para-hydroxylation sites is 1. The molecule has 0 spiro atoms. The minimum Gasteiger partial charge on any atom is -0.307 e. The van der Waals surface area contributed by atoms with Gasteiger partial charge in [-0.25, -0.2) is 4.98 Å². The molecule has 2 heterocycles. The Morgan fingerprint density at radius 2 is 2.14 bits per heavy atom. The lowest BCUT2D eigenvalue weighted by molar-refractivity contribution is -0.127. The summed E-state index contributed by atoms with van der Waals surface area (Å²) in [6, 6.07) is 6.61. The predicted molar refractivity (Wildman–Crippen MR) is 81.7 cm³/mol. The van der Waals surface area contributed by atoms with Gasteiger partial charge in [-0.1, -0.05) is 12.1 Å². The fraction of sp³-hybridized carbons (Fsp3) is 0.375. The van der Waals surface area contributed by atoms with Crippen molar-refractivity contribution in [1.82, 2.24) is 14.9 Å². The largest absolute Gasteiger partial charge is 0.307 e. The van der Waals surface area contributed by atoms with Crippen molar-refractivity contribution >= 4 is 22.5 Å². The number of rotatable bonds is 4. The average molecular weight is 299 g/mol. The number of hydrogen-bond donors (Lipinski definition) is 1. The van der Waals surface area contributed by atoms with E-state index in [-0.39, 0.29) is 30.1 Å². The molecular formula is C16H17N3O3. The molecular weight excluding hydrogens is 282 g/mol. The second-order valence-electron chi connectivity index (χ2n) is 5.51. The quantitative estimate of drug-likeness (QED) is 0.897. The van der Waals surface area contributed by atoms with Crippen LogP contribution in [0.15, 0.2) is 35.4 Å². The van der Waals surface area contributed by atoms with E-state index in [1.165, 1.54) is 10.9 Å². The van der Waals surface area contributed by atoms with E-state index in [1.807, 2.05) is 6.07 Å². The van der Waals surface area contributed by atoms with Crippen LogP contribution in [-0.2, 0) is 16.1 Å². The van der Waals surface area contributed by atoms with Crippen LogP contribution in [0.3, 0.4) is 0 Å². The summed E-state index contributed by atoms with van der Waals surface area (Å²) in [6.07, 6.45) is 2.84. The third kappa shape index (κ3) is 2.96. The molecule has 1 fully saturated rings. The molecule has 1 aromatic heterocycles. The Morgan fingerprint density at radius 3 is 2.95 bits per heavy atom. The highest BCUT2D eigenvalue weighted by Gasteiger charge is 2.24. The van der Waals surface area contributed by atoms with Crippen molar-refractivity contribution in [3.05, 3.63) is 40.9 Å². The van der Waals surface area contributed by atoms with Gasteiger partial charge >= 0.3 is 0 Å². The minimum absolute atomic E-state index is 0.0534. The van der Waals surface area contributed by atoms with Crippen molar-refractivity contribution in [2.75, 3.05) is 6.54 Å². The van der Waals surface area contributed by atoms with Gasteiger partial charge in [0.2, 0.25) is 0 Å². The third-order valence-corrected chi connectivity index (χ3v) is 3.89. The number of carbonyl (C=O) groups excluding carboxylic acids is 2. The Morgan fingerprint density at radius 1 is 1.32 bits per heavy atom. The Labute approximate surface area is 127 Å². The summed E-state index contributed by atoms with van der Waals surface area (Å²) in [5.74, 6) is -0.0736. The van der Waals surface area contributed by atoms with Crippen LogP contribution in [-0.4, -0.2) is 33.7 Å². The fourth-order valence-corrected chi connectivity index (χ4v) is 2.71. The van der Waals surface area contributed by atoms with Gasteiger partial charge in [0.05, 0.1) is 29.8 Å². The van der Waals surface area contributed by atoms with E-state index in [0.717, 1.165) is 13.0 Å². The number of carbonyl (C=O) groups is 2. The van der Waals surface area contributed by atoms with E-state index >= 15 is 0 Å². The Balaban J connectivity index is 1.75. The van der Waals surface area contributed by atoms with Gasteiger partial charge in [-0.2, -0.15) is 0 Å². The molecule has 2 aromatic rings. The zero-order valence-corrected chi connectivity index (χ0v) is 12.1. The van der Waals surface area contributed by atoms with Crippen LogP contribution in [0, 0.1) is 0 Å². The molecule has 6 nitrogen and oxygen atoms in total. The van der Waals surface area contributed by atoms with Gasteiger partial charge in [0.25, 0.3) is 5.56 Å². The molecule has 1 unspecified atom stereocenters. The average Bonchev–Trinajstić information content (AvgIpc) is 2.53. The number of ketones is 2. The normalized spacial score (nSPS) is 18.5. The molecule has 3 rings (SSSR count). The predicted octanol–water partition coefficient (Wildman–Crippen LogP) is 0.677. The van der Waals surface area contributed by atoms with Crippen molar-refractivity contribution in [2.24, 2.45) is 0 Å². The lowest BCUT2D eigenvalue weighted by atomic mass is 9.98. The molecule has 0 saturated carbocycles. The van der Waals surface area contributed by atoms with E-state index < -0.39 is 6.04 Å². The first-order valence-corrected chi connectivity index (χ1v) is 7.37. The van der Waals surface area contributed by atoms with Crippen LogP contribution < -0.4 is 10.9 Å².